The van der Waals surface area contributed by atoms with Gasteiger partial charge >= 0.3 is 0 Å². The molecule has 4 rings (SSSR count). The van der Waals surface area contributed by atoms with Gasteiger partial charge in [0.05, 0.1) is 24.0 Å². The Morgan fingerprint density at radius 3 is 2.44 bits per heavy atom. The number of benzene rings is 2. The van der Waals surface area contributed by atoms with E-state index in [0.717, 1.165) is 25.1 Å². The normalized spacial score (nSPS) is 23.9. The number of sulfone groups is 1. The largest absolute Gasteiger partial charge is 0.497 e. The van der Waals surface area contributed by atoms with Gasteiger partial charge in [0.25, 0.3) is 0 Å². The Morgan fingerprint density at radius 1 is 1.07 bits per heavy atom. The van der Waals surface area contributed by atoms with Crippen LogP contribution in [0.5, 0.6) is 17.2 Å². The summed E-state index contributed by atoms with van der Waals surface area (Å²) in [5.41, 5.74) is 0.999. The zero-order valence-electron chi connectivity index (χ0n) is 15.6. The predicted molar refractivity (Wildman–Crippen MR) is 101 cm³/mol. The molecule has 2 aliphatic rings. The van der Waals surface area contributed by atoms with E-state index in [2.05, 4.69) is 12.2 Å². The van der Waals surface area contributed by atoms with Gasteiger partial charge < -0.3 is 19.5 Å². The van der Waals surface area contributed by atoms with E-state index in [9.17, 15) is 8.42 Å². The number of fused-ring (bicyclic) bond motifs is 3. The molecule has 0 radical (unpaired) electrons. The molecule has 6 nitrogen and oxygen atoms in total. The van der Waals surface area contributed by atoms with Gasteiger partial charge in [-0.2, -0.15) is 0 Å². The maximum atomic E-state index is 13.2. The van der Waals surface area contributed by atoms with Crippen molar-refractivity contribution < 1.29 is 22.6 Å². The minimum atomic E-state index is -3.73. The van der Waals surface area contributed by atoms with Crippen molar-refractivity contribution in [3.63, 3.8) is 0 Å². The molecule has 1 saturated heterocycles. The van der Waals surface area contributed by atoms with E-state index in [1.165, 1.54) is 26.4 Å². The Bertz CT molecular complexity index is 966. The summed E-state index contributed by atoms with van der Waals surface area (Å²) in [7, 11) is -0.752. The Hall–Kier alpha value is -2.25. The van der Waals surface area contributed by atoms with Crippen LogP contribution in [-0.2, 0) is 15.3 Å². The maximum absolute atomic E-state index is 13.2. The van der Waals surface area contributed by atoms with Gasteiger partial charge in [0.2, 0.25) is 9.84 Å². The highest BCUT2D eigenvalue weighted by molar-refractivity contribution is 7.91. The molecule has 2 heterocycles. The van der Waals surface area contributed by atoms with E-state index < -0.39 is 9.84 Å². The minimum Gasteiger partial charge on any atom is -0.497 e. The standard InChI is InChI=1S/C20H23NO5S/c1-20-6-7-21-12-19(20)26-18-11-15(4-5-17(18)20)27(22,23)16-9-13(24-2)8-14(10-16)25-3/h4-5,8-11,19,21H,6-7,12H2,1-3H3. The second-order valence-corrected chi connectivity index (χ2v) is 9.14. The molecule has 144 valence electrons. The first-order valence-corrected chi connectivity index (χ1v) is 10.4. The molecule has 0 saturated carbocycles. The van der Waals surface area contributed by atoms with E-state index in [-0.39, 0.29) is 21.3 Å². The lowest BCUT2D eigenvalue weighted by Gasteiger charge is -2.35. The van der Waals surface area contributed by atoms with Crippen molar-refractivity contribution in [2.24, 2.45) is 0 Å². The Balaban J connectivity index is 1.77. The van der Waals surface area contributed by atoms with Crippen LogP contribution in [0.2, 0.25) is 0 Å². The van der Waals surface area contributed by atoms with Crippen LogP contribution in [0.15, 0.2) is 46.2 Å². The summed E-state index contributed by atoms with van der Waals surface area (Å²) in [6, 6.07) is 9.83. The van der Waals surface area contributed by atoms with Crippen LogP contribution in [0, 0.1) is 0 Å². The SMILES string of the molecule is COc1cc(OC)cc(S(=O)(=O)c2ccc3c(c2)OC2CNCCC32C)c1. The van der Waals surface area contributed by atoms with Gasteiger partial charge in [0.15, 0.2) is 0 Å². The van der Waals surface area contributed by atoms with Crippen LogP contribution in [-0.4, -0.2) is 41.8 Å². The summed E-state index contributed by atoms with van der Waals surface area (Å²) in [5, 5.41) is 3.34. The topological polar surface area (TPSA) is 73.9 Å². The molecule has 2 aromatic carbocycles. The predicted octanol–water partition coefficient (Wildman–Crippen LogP) is 2.55. The lowest BCUT2D eigenvalue weighted by molar-refractivity contribution is 0.123. The monoisotopic (exact) mass is 389 g/mol. The molecule has 0 bridgehead atoms. The van der Waals surface area contributed by atoms with Crippen molar-refractivity contribution in [1.29, 1.82) is 0 Å². The van der Waals surface area contributed by atoms with Crippen molar-refractivity contribution >= 4 is 9.84 Å². The van der Waals surface area contributed by atoms with Crippen molar-refractivity contribution in [2.45, 2.75) is 34.7 Å². The molecule has 2 aromatic rings. The van der Waals surface area contributed by atoms with Crippen LogP contribution in [0.1, 0.15) is 18.9 Å². The summed E-state index contributed by atoms with van der Waals surface area (Å²) in [6.07, 6.45) is 0.986. The fourth-order valence-corrected chi connectivity index (χ4v) is 5.24. The first-order chi connectivity index (χ1) is 12.9. The molecule has 2 atom stereocenters. The first-order valence-electron chi connectivity index (χ1n) is 8.88. The fraction of sp³-hybridized carbons (Fsp3) is 0.400. The summed E-state index contributed by atoms with van der Waals surface area (Å²) in [4.78, 5) is 0.328. The highest BCUT2D eigenvalue weighted by Gasteiger charge is 2.46. The summed E-state index contributed by atoms with van der Waals surface area (Å²) in [6.45, 7) is 3.88. The lowest BCUT2D eigenvalue weighted by Crippen LogP contribution is -2.49. The quantitative estimate of drug-likeness (QED) is 0.866. The zero-order valence-corrected chi connectivity index (χ0v) is 16.4. The number of nitrogens with one attached hydrogen (secondary N) is 1. The molecule has 0 aliphatic carbocycles. The van der Waals surface area contributed by atoms with Gasteiger partial charge in [-0.3, -0.25) is 0 Å². The van der Waals surface area contributed by atoms with Gasteiger partial charge in [-0.1, -0.05) is 13.0 Å². The van der Waals surface area contributed by atoms with Crippen molar-refractivity contribution in [3.05, 3.63) is 42.0 Å². The molecule has 0 spiro atoms. The molecule has 1 fully saturated rings. The molecule has 0 amide bonds. The highest BCUT2D eigenvalue weighted by atomic mass is 32.2. The third kappa shape index (κ3) is 2.85. The number of piperidine rings is 1. The van der Waals surface area contributed by atoms with Gasteiger partial charge in [0.1, 0.15) is 23.4 Å². The fourth-order valence-electron chi connectivity index (χ4n) is 3.91. The van der Waals surface area contributed by atoms with Crippen molar-refractivity contribution in [2.75, 3.05) is 27.3 Å². The van der Waals surface area contributed by atoms with Gasteiger partial charge in [-0.25, -0.2) is 8.42 Å². The number of rotatable bonds is 4. The van der Waals surface area contributed by atoms with Crippen LogP contribution in [0.3, 0.4) is 0 Å². The third-order valence-electron chi connectivity index (χ3n) is 5.64. The Kier molecular flexibility index (Phi) is 4.31. The van der Waals surface area contributed by atoms with Crippen molar-refractivity contribution in [1.82, 2.24) is 5.32 Å². The number of hydrogen-bond acceptors (Lipinski definition) is 6. The molecular formula is C20H23NO5S. The average Bonchev–Trinajstić information content (AvgIpc) is 2.99. The summed E-state index contributed by atoms with van der Waals surface area (Å²) in [5.74, 6) is 1.51. The molecule has 1 N–H and O–H groups in total. The highest BCUT2D eigenvalue weighted by Crippen LogP contribution is 2.47. The van der Waals surface area contributed by atoms with E-state index in [0.29, 0.717) is 17.2 Å². The first kappa shape index (κ1) is 18.1. The zero-order chi connectivity index (χ0) is 19.2. The molecular weight excluding hydrogens is 366 g/mol. The second-order valence-electron chi connectivity index (χ2n) is 7.19. The van der Waals surface area contributed by atoms with Crippen LogP contribution in [0.4, 0.5) is 0 Å². The van der Waals surface area contributed by atoms with Crippen LogP contribution >= 0.6 is 0 Å². The molecule has 7 heteroatoms. The molecule has 2 aliphatic heterocycles. The number of hydrogen-bond donors (Lipinski definition) is 1. The lowest BCUT2D eigenvalue weighted by atomic mass is 9.74. The molecule has 0 aromatic heterocycles. The van der Waals surface area contributed by atoms with Crippen molar-refractivity contribution in [3.8, 4) is 17.2 Å². The van der Waals surface area contributed by atoms with Gasteiger partial charge in [0, 0.05) is 23.6 Å². The number of methoxy groups -OCH3 is 2. The van der Waals surface area contributed by atoms with E-state index in [1.807, 2.05) is 6.07 Å². The summed E-state index contributed by atoms with van der Waals surface area (Å²) < 4.78 is 42.9. The molecule has 27 heavy (non-hydrogen) atoms. The van der Waals surface area contributed by atoms with Crippen LogP contribution < -0.4 is 19.5 Å². The Labute approximate surface area is 159 Å². The van der Waals surface area contributed by atoms with Crippen LogP contribution in [0.25, 0.3) is 0 Å². The molecule has 2 unspecified atom stereocenters. The minimum absolute atomic E-state index is 0.0242. The van der Waals surface area contributed by atoms with E-state index in [1.54, 1.807) is 18.2 Å². The smallest absolute Gasteiger partial charge is 0.207 e. The average molecular weight is 389 g/mol. The Morgan fingerprint density at radius 2 is 1.78 bits per heavy atom. The van der Waals surface area contributed by atoms with Gasteiger partial charge in [-0.15, -0.1) is 0 Å². The van der Waals surface area contributed by atoms with Gasteiger partial charge in [-0.05, 0) is 37.2 Å². The maximum Gasteiger partial charge on any atom is 0.207 e. The third-order valence-corrected chi connectivity index (χ3v) is 7.38. The van der Waals surface area contributed by atoms with E-state index in [4.69, 9.17) is 14.2 Å². The number of ether oxygens (including phenoxy) is 3. The van der Waals surface area contributed by atoms with E-state index >= 15 is 0 Å². The second kappa shape index (κ2) is 6.42. The summed E-state index contributed by atoms with van der Waals surface area (Å²) >= 11 is 0.